The number of hydrogen-bond acceptors (Lipinski definition) is 5. The van der Waals surface area contributed by atoms with E-state index >= 15 is 0 Å². The predicted molar refractivity (Wildman–Crippen MR) is 80.9 cm³/mol. The van der Waals surface area contributed by atoms with Crippen LogP contribution in [0.3, 0.4) is 0 Å². The van der Waals surface area contributed by atoms with Gasteiger partial charge >= 0.3 is 6.09 Å². The van der Waals surface area contributed by atoms with Crippen molar-refractivity contribution in [3.8, 4) is 0 Å². The Balaban J connectivity index is 1.97. The highest BCUT2D eigenvalue weighted by atomic mass is 35.5. The highest BCUT2D eigenvalue weighted by Gasteiger charge is 2.28. The highest BCUT2D eigenvalue weighted by molar-refractivity contribution is 6.35. The molecule has 0 bridgehead atoms. The number of fused-ring (bicyclic) bond motifs is 1. The van der Waals surface area contributed by atoms with Gasteiger partial charge in [-0.2, -0.15) is 0 Å². The van der Waals surface area contributed by atoms with Gasteiger partial charge in [-0.05, 0) is 12.5 Å². The van der Waals surface area contributed by atoms with Crippen LogP contribution in [0.2, 0.25) is 5.02 Å². The van der Waals surface area contributed by atoms with Gasteiger partial charge in [-0.25, -0.2) is 9.36 Å². The summed E-state index contributed by atoms with van der Waals surface area (Å²) in [6.07, 6.45) is 0.967. The fraction of sp³-hybridized carbons (Fsp3) is 0.357. The van der Waals surface area contributed by atoms with E-state index in [-0.39, 0.29) is 28.2 Å². The summed E-state index contributed by atoms with van der Waals surface area (Å²) in [6, 6.07) is 0.992. The van der Waals surface area contributed by atoms with Crippen LogP contribution in [-0.4, -0.2) is 57.1 Å². The molecule has 0 aliphatic carbocycles. The van der Waals surface area contributed by atoms with Crippen molar-refractivity contribution in [2.45, 2.75) is 18.6 Å². The number of nitrogens with one attached hydrogen (secondary N) is 1. The first-order chi connectivity index (χ1) is 11.0. The van der Waals surface area contributed by atoms with Gasteiger partial charge in [0.25, 0.3) is 5.91 Å². The van der Waals surface area contributed by atoms with Crippen LogP contribution >= 0.6 is 11.6 Å². The summed E-state index contributed by atoms with van der Waals surface area (Å²) in [4.78, 5) is 27.9. The number of hydrogen-bond donors (Lipinski definition) is 3. The summed E-state index contributed by atoms with van der Waals surface area (Å²) in [6.45, 7) is 0.578. The smallest absolute Gasteiger partial charge is 0.416 e. The fourth-order valence-electron chi connectivity index (χ4n) is 2.57. The first-order valence-corrected chi connectivity index (χ1v) is 7.32. The molecular formula is C14H14ClN3O5. The molecular weight excluding hydrogens is 326 g/mol. The molecule has 3 N–H and O–H groups in total. The maximum Gasteiger partial charge on any atom is 0.416 e. The van der Waals surface area contributed by atoms with E-state index in [0.29, 0.717) is 13.0 Å². The summed E-state index contributed by atoms with van der Waals surface area (Å²) in [5.41, 5.74) is 0.432. The normalized spacial score (nSPS) is 21.3. The lowest BCUT2D eigenvalue weighted by molar-refractivity contribution is -0.0260. The second-order valence-corrected chi connectivity index (χ2v) is 5.60. The molecule has 2 aromatic rings. The van der Waals surface area contributed by atoms with Gasteiger partial charge in [0.05, 0.1) is 34.9 Å². The van der Waals surface area contributed by atoms with Gasteiger partial charge in [0.1, 0.15) is 5.52 Å². The Bertz CT molecular complexity index is 775. The van der Waals surface area contributed by atoms with Gasteiger partial charge in [0, 0.05) is 19.0 Å². The highest BCUT2D eigenvalue weighted by Crippen LogP contribution is 2.26. The molecule has 2 aromatic heterocycles. The molecule has 0 spiro atoms. The Kier molecular flexibility index (Phi) is 4.20. The van der Waals surface area contributed by atoms with Gasteiger partial charge < -0.3 is 20.3 Å². The molecule has 1 saturated heterocycles. The van der Waals surface area contributed by atoms with Gasteiger partial charge in [0.2, 0.25) is 0 Å². The Morgan fingerprint density at radius 2 is 2.26 bits per heavy atom. The molecule has 8 nitrogen and oxygen atoms in total. The third-order valence-electron chi connectivity index (χ3n) is 3.72. The summed E-state index contributed by atoms with van der Waals surface area (Å²) in [5, 5.41) is 22.0. The molecule has 23 heavy (non-hydrogen) atoms. The summed E-state index contributed by atoms with van der Waals surface area (Å²) in [5.74, 6) is -0.518. The first-order valence-electron chi connectivity index (χ1n) is 6.94. The van der Waals surface area contributed by atoms with Gasteiger partial charge in [-0.15, -0.1) is 0 Å². The Labute approximate surface area is 135 Å². The first kappa shape index (κ1) is 15.7. The molecule has 1 aliphatic rings. The van der Waals surface area contributed by atoms with E-state index in [9.17, 15) is 19.8 Å². The predicted octanol–water partition coefficient (Wildman–Crippen LogP) is 1.10. The number of aromatic nitrogens is 2. The second kappa shape index (κ2) is 6.15. The third-order valence-corrected chi connectivity index (χ3v) is 4.03. The number of aliphatic hydroxyl groups is 1. The van der Waals surface area contributed by atoms with Crippen LogP contribution in [0.1, 0.15) is 16.8 Å². The zero-order chi connectivity index (χ0) is 16.6. The van der Waals surface area contributed by atoms with E-state index in [2.05, 4.69) is 10.3 Å². The molecule has 0 saturated carbocycles. The van der Waals surface area contributed by atoms with E-state index in [4.69, 9.17) is 16.3 Å². The molecule has 122 valence electrons. The second-order valence-electron chi connectivity index (χ2n) is 5.20. The molecule has 0 radical (unpaired) electrons. The molecule has 3 heterocycles. The molecule has 1 fully saturated rings. The maximum absolute atomic E-state index is 12.5. The number of amides is 1. The van der Waals surface area contributed by atoms with E-state index < -0.39 is 24.1 Å². The van der Waals surface area contributed by atoms with Gasteiger partial charge in [0.15, 0.2) is 0 Å². The average molecular weight is 340 g/mol. The van der Waals surface area contributed by atoms with E-state index in [0.717, 1.165) is 4.57 Å². The molecule has 2 atom stereocenters. The number of rotatable bonds is 2. The molecule has 1 amide bonds. The van der Waals surface area contributed by atoms with Crippen LogP contribution in [0, 0.1) is 0 Å². The lowest BCUT2D eigenvalue weighted by atomic mass is 10.1. The van der Waals surface area contributed by atoms with Crippen molar-refractivity contribution in [2.24, 2.45) is 0 Å². The number of carbonyl (C=O) groups is 2. The number of pyridine rings is 1. The minimum absolute atomic E-state index is 0.0867. The van der Waals surface area contributed by atoms with Crippen molar-refractivity contribution in [2.75, 3.05) is 13.2 Å². The Morgan fingerprint density at radius 1 is 1.48 bits per heavy atom. The molecule has 3 rings (SSSR count). The van der Waals surface area contributed by atoms with Crippen molar-refractivity contribution in [1.29, 1.82) is 0 Å². The van der Waals surface area contributed by atoms with E-state index in [1.165, 1.54) is 18.5 Å². The van der Waals surface area contributed by atoms with Crippen molar-refractivity contribution in [1.82, 2.24) is 14.9 Å². The summed E-state index contributed by atoms with van der Waals surface area (Å²) in [7, 11) is 0. The SMILES string of the molecule is O=C(N[C@H]1CCOC[C@@H]1O)c1cn(C(=O)O)c2c(Cl)ccnc12. The zero-order valence-corrected chi connectivity index (χ0v) is 12.7. The molecule has 0 aromatic carbocycles. The van der Waals surface area contributed by atoms with Crippen LogP contribution in [0.25, 0.3) is 11.0 Å². The van der Waals surface area contributed by atoms with Crippen molar-refractivity contribution in [3.63, 3.8) is 0 Å². The number of carbonyl (C=O) groups excluding carboxylic acids is 1. The largest absolute Gasteiger partial charge is 0.464 e. The summed E-state index contributed by atoms with van der Waals surface area (Å²) < 4.78 is 5.97. The Morgan fingerprint density at radius 3 is 2.96 bits per heavy atom. The minimum atomic E-state index is -1.27. The van der Waals surface area contributed by atoms with E-state index in [1.54, 1.807) is 0 Å². The average Bonchev–Trinajstić information content (AvgIpc) is 2.91. The van der Waals surface area contributed by atoms with Crippen LogP contribution in [-0.2, 0) is 4.74 Å². The maximum atomic E-state index is 12.5. The lowest BCUT2D eigenvalue weighted by Crippen LogP contribution is -2.48. The Hall–Kier alpha value is -2.16. The van der Waals surface area contributed by atoms with Crippen LogP contribution in [0.15, 0.2) is 18.5 Å². The number of ether oxygens (including phenoxy) is 1. The van der Waals surface area contributed by atoms with Crippen molar-refractivity contribution in [3.05, 3.63) is 29.0 Å². The molecule has 9 heteroatoms. The topological polar surface area (TPSA) is 114 Å². The van der Waals surface area contributed by atoms with Crippen LogP contribution in [0.5, 0.6) is 0 Å². The van der Waals surface area contributed by atoms with Crippen LogP contribution < -0.4 is 5.32 Å². The van der Waals surface area contributed by atoms with Gasteiger partial charge in [-0.3, -0.25) is 9.78 Å². The fourth-order valence-corrected chi connectivity index (χ4v) is 2.80. The number of aliphatic hydroxyl groups excluding tert-OH is 1. The van der Waals surface area contributed by atoms with Crippen molar-refractivity contribution >= 4 is 34.6 Å². The third kappa shape index (κ3) is 2.88. The van der Waals surface area contributed by atoms with Gasteiger partial charge in [-0.1, -0.05) is 11.6 Å². The minimum Gasteiger partial charge on any atom is -0.464 e. The van der Waals surface area contributed by atoms with E-state index in [1.807, 2.05) is 0 Å². The molecule has 0 unspecified atom stereocenters. The van der Waals surface area contributed by atoms with Crippen molar-refractivity contribution < 1.29 is 24.5 Å². The monoisotopic (exact) mass is 339 g/mol. The van der Waals surface area contributed by atoms with Crippen LogP contribution in [0.4, 0.5) is 4.79 Å². The summed E-state index contributed by atoms with van der Waals surface area (Å²) >= 11 is 6.03. The number of carboxylic acid groups (broad SMARTS) is 1. The lowest BCUT2D eigenvalue weighted by Gasteiger charge is -2.28. The zero-order valence-electron chi connectivity index (χ0n) is 11.9. The number of halogens is 1. The quantitative estimate of drug-likeness (QED) is 0.755. The standard InChI is InChI=1S/C14H14ClN3O5/c15-8-1-3-16-11-7(5-18(12(8)11)14(21)22)13(20)17-9-2-4-23-6-10(9)19/h1,3,5,9-10,19H,2,4,6H2,(H,17,20)(H,21,22)/t9-,10-/m0/s1. The number of nitrogens with zero attached hydrogens (tertiary/aromatic N) is 2. The molecule has 1 aliphatic heterocycles.